The lowest BCUT2D eigenvalue weighted by Gasteiger charge is -2.11. The van der Waals surface area contributed by atoms with E-state index in [1.54, 1.807) is 0 Å². The molecule has 0 N–H and O–H groups in total. The summed E-state index contributed by atoms with van der Waals surface area (Å²) in [7, 11) is 0. The van der Waals surface area contributed by atoms with E-state index in [0.717, 1.165) is 35.7 Å². The number of para-hydroxylation sites is 1. The van der Waals surface area contributed by atoms with E-state index in [2.05, 4.69) is 12.0 Å². The number of amides is 1. The maximum Gasteiger partial charge on any atom is 0.280 e. The van der Waals surface area contributed by atoms with Crippen molar-refractivity contribution in [2.45, 2.75) is 46.0 Å². The minimum absolute atomic E-state index is 0.101. The minimum atomic E-state index is -0.101. The second kappa shape index (κ2) is 9.88. The van der Waals surface area contributed by atoms with Gasteiger partial charge in [-0.3, -0.25) is 4.79 Å². The van der Waals surface area contributed by atoms with Gasteiger partial charge in [0.15, 0.2) is 0 Å². The molecule has 4 nitrogen and oxygen atoms in total. The number of ether oxygens (including phenoxy) is 1. The van der Waals surface area contributed by atoms with Gasteiger partial charge in [-0.05, 0) is 49.2 Å². The smallest absolute Gasteiger partial charge is 0.280 e. The molecule has 2 aromatic rings. The topological polar surface area (TPSA) is 41.9 Å². The van der Waals surface area contributed by atoms with Gasteiger partial charge in [0.05, 0.1) is 23.6 Å². The summed E-state index contributed by atoms with van der Waals surface area (Å²) in [5.74, 6) is 0.766. The summed E-state index contributed by atoms with van der Waals surface area (Å²) in [5.41, 5.74) is 3.08. The highest BCUT2D eigenvalue weighted by Gasteiger charge is 2.28. The van der Waals surface area contributed by atoms with Crippen LogP contribution in [0.3, 0.4) is 0 Å². The van der Waals surface area contributed by atoms with Crippen LogP contribution in [-0.4, -0.2) is 18.2 Å². The van der Waals surface area contributed by atoms with Crippen LogP contribution < -0.4 is 9.75 Å². The van der Waals surface area contributed by atoms with Crippen LogP contribution in [0.5, 0.6) is 5.75 Å². The second-order valence-corrected chi connectivity index (χ2v) is 7.03. The number of nitrogens with zero attached hydrogens (tertiary/aromatic N) is 2. The second-order valence-electron chi connectivity index (χ2n) is 7.03. The Morgan fingerprint density at radius 3 is 2.39 bits per heavy atom. The summed E-state index contributed by atoms with van der Waals surface area (Å²) in [6, 6.07) is 17.4. The highest BCUT2D eigenvalue weighted by Crippen LogP contribution is 2.25. The van der Waals surface area contributed by atoms with Gasteiger partial charge in [0.1, 0.15) is 5.75 Å². The van der Waals surface area contributed by atoms with Gasteiger partial charge in [-0.25, -0.2) is 0 Å². The predicted octanol–water partition coefficient (Wildman–Crippen LogP) is 5.84. The molecule has 2 aromatic carbocycles. The fourth-order valence-electron chi connectivity index (χ4n) is 3.15. The fourth-order valence-corrected chi connectivity index (χ4v) is 3.15. The van der Waals surface area contributed by atoms with Crippen LogP contribution in [0, 0.1) is 0 Å². The van der Waals surface area contributed by atoms with Crippen LogP contribution in [0.15, 0.2) is 65.3 Å². The molecule has 1 aliphatic rings. The molecule has 0 saturated heterocycles. The van der Waals surface area contributed by atoms with Gasteiger partial charge >= 0.3 is 0 Å². The lowest BCUT2D eigenvalue weighted by molar-refractivity contribution is -0.114. The van der Waals surface area contributed by atoms with Crippen molar-refractivity contribution >= 4 is 23.4 Å². The Kier molecular flexibility index (Phi) is 7.01. The average Bonchev–Trinajstić information content (AvgIpc) is 3.00. The summed E-state index contributed by atoms with van der Waals surface area (Å²) in [6.45, 7) is 4.84. The van der Waals surface area contributed by atoms with Gasteiger partial charge in [-0.2, -0.15) is 10.1 Å². The van der Waals surface area contributed by atoms with Gasteiger partial charge in [0.25, 0.3) is 5.91 Å². The van der Waals surface area contributed by atoms with E-state index in [1.807, 2.05) is 67.6 Å². The summed E-state index contributed by atoms with van der Waals surface area (Å²) in [5, 5.41) is 5.87. The molecule has 0 aliphatic carbocycles. The maximum absolute atomic E-state index is 12.8. The monoisotopic (exact) mass is 376 g/mol. The Morgan fingerprint density at radius 1 is 0.964 bits per heavy atom. The fraction of sp³-hybridized carbons (Fsp3) is 0.333. The van der Waals surface area contributed by atoms with E-state index in [9.17, 15) is 4.79 Å². The zero-order chi connectivity index (χ0) is 19.8. The molecule has 0 aromatic heterocycles. The van der Waals surface area contributed by atoms with Gasteiger partial charge < -0.3 is 4.74 Å². The summed E-state index contributed by atoms with van der Waals surface area (Å²) >= 11 is 0. The van der Waals surface area contributed by atoms with Gasteiger partial charge in [-0.15, -0.1) is 0 Å². The Morgan fingerprint density at radius 2 is 1.68 bits per heavy atom. The lowest BCUT2D eigenvalue weighted by atomic mass is 10.1. The average molecular weight is 377 g/mol. The van der Waals surface area contributed by atoms with E-state index < -0.39 is 0 Å². The number of carbonyl (C=O) groups is 1. The van der Waals surface area contributed by atoms with Crippen LogP contribution >= 0.6 is 0 Å². The third-order valence-corrected chi connectivity index (χ3v) is 4.77. The number of carbonyl (C=O) groups excluding carboxylic acids is 1. The van der Waals surface area contributed by atoms with Crippen LogP contribution in [0.2, 0.25) is 0 Å². The first-order valence-electron chi connectivity index (χ1n) is 10.1. The lowest BCUT2D eigenvalue weighted by Crippen LogP contribution is -2.21. The van der Waals surface area contributed by atoms with Crippen LogP contribution in [0.1, 0.15) is 51.5 Å². The first-order valence-corrected chi connectivity index (χ1v) is 10.1. The summed E-state index contributed by atoms with van der Waals surface area (Å²) < 4.78 is 5.81. The SMILES string of the molecule is CCCCCCCOc1ccc(/C=C2\C(=O)N(c3ccccc3)N=C2C)cc1. The minimum Gasteiger partial charge on any atom is -0.494 e. The van der Waals surface area contributed by atoms with Crippen molar-refractivity contribution in [1.29, 1.82) is 0 Å². The Balaban J connectivity index is 1.59. The van der Waals surface area contributed by atoms with Crippen LogP contribution in [0.4, 0.5) is 5.69 Å². The van der Waals surface area contributed by atoms with Crippen molar-refractivity contribution in [3.8, 4) is 5.75 Å². The van der Waals surface area contributed by atoms with Crippen LogP contribution in [0.25, 0.3) is 6.08 Å². The van der Waals surface area contributed by atoms with Crippen molar-refractivity contribution in [2.75, 3.05) is 11.6 Å². The molecule has 0 spiro atoms. The first-order chi connectivity index (χ1) is 13.7. The molecular formula is C24H28N2O2. The largest absolute Gasteiger partial charge is 0.494 e. The molecule has 1 amide bonds. The summed E-state index contributed by atoms with van der Waals surface area (Å²) in [4.78, 5) is 12.8. The molecule has 28 heavy (non-hydrogen) atoms. The number of benzene rings is 2. The van der Waals surface area contributed by atoms with Gasteiger partial charge in [-0.1, -0.05) is 62.9 Å². The van der Waals surface area contributed by atoms with E-state index >= 15 is 0 Å². The quantitative estimate of drug-likeness (QED) is 0.407. The highest BCUT2D eigenvalue weighted by atomic mass is 16.5. The molecule has 0 radical (unpaired) electrons. The van der Waals surface area contributed by atoms with E-state index in [0.29, 0.717) is 5.57 Å². The van der Waals surface area contributed by atoms with Crippen molar-refractivity contribution in [3.05, 3.63) is 65.7 Å². The molecular weight excluding hydrogens is 348 g/mol. The summed E-state index contributed by atoms with van der Waals surface area (Å²) in [6.07, 6.45) is 8.03. The van der Waals surface area contributed by atoms with Crippen LogP contribution in [-0.2, 0) is 4.79 Å². The zero-order valence-electron chi connectivity index (χ0n) is 16.7. The van der Waals surface area contributed by atoms with Crippen molar-refractivity contribution in [2.24, 2.45) is 5.10 Å². The molecule has 146 valence electrons. The molecule has 0 bridgehead atoms. The van der Waals surface area contributed by atoms with Gasteiger partial charge in [0.2, 0.25) is 0 Å². The van der Waals surface area contributed by atoms with Crippen molar-refractivity contribution in [3.63, 3.8) is 0 Å². The number of anilines is 1. The van der Waals surface area contributed by atoms with E-state index in [-0.39, 0.29) is 5.91 Å². The Labute approximate surface area is 167 Å². The number of hydrogen-bond acceptors (Lipinski definition) is 3. The molecule has 3 rings (SSSR count). The molecule has 1 heterocycles. The molecule has 0 saturated carbocycles. The van der Waals surface area contributed by atoms with Gasteiger partial charge in [0, 0.05) is 0 Å². The maximum atomic E-state index is 12.8. The standard InChI is InChI=1S/C24H28N2O2/c1-3-4-5-6-10-17-28-22-15-13-20(14-16-22)18-23-19(2)25-26(24(23)27)21-11-8-7-9-12-21/h7-9,11-16,18H,3-6,10,17H2,1-2H3/b23-18-. The Hall–Kier alpha value is -2.88. The number of hydrogen-bond donors (Lipinski definition) is 0. The molecule has 4 heteroatoms. The highest BCUT2D eigenvalue weighted by molar-refractivity contribution is 6.32. The zero-order valence-corrected chi connectivity index (χ0v) is 16.7. The number of hydrazone groups is 1. The molecule has 1 aliphatic heterocycles. The van der Waals surface area contributed by atoms with E-state index in [1.165, 1.54) is 30.7 Å². The Bertz CT molecular complexity index is 839. The van der Waals surface area contributed by atoms with E-state index in [4.69, 9.17) is 4.74 Å². The number of unbranched alkanes of at least 4 members (excludes halogenated alkanes) is 4. The molecule has 0 atom stereocenters. The number of rotatable bonds is 9. The first kappa shape index (κ1) is 19.9. The third-order valence-electron chi connectivity index (χ3n) is 4.77. The van der Waals surface area contributed by atoms with Crippen molar-refractivity contribution < 1.29 is 9.53 Å². The molecule has 0 fully saturated rings. The predicted molar refractivity (Wildman–Crippen MR) is 116 cm³/mol. The third kappa shape index (κ3) is 5.10. The van der Waals surface area contributed by atoms with Crippen molar-refractivity contribution in [1.82, 2.24) is 0 Å². The normalized spacial score (nSPS) is 15.2. The molecule has 0 unspecified atom stereocenters.